The van der Waals surface area contributed by atoms with E-state index < -0.39 is 11.7 Å². The molecule has 1 nitrogen and oxygen atoms in total. The Balaban J connectivity index is 2.73. The maximum absolute atomic E-state index is 12.5. The number of rotatable bonds is 7. The summed E-state index contributed by atoms with van der Waals surface area (Å²) < 4.78 is 37.5. The van der Waals surface area contributed by atoms with Crippen LogP contribution in [0.1, 0.15) is 56.7 Å². The summed E-state index contributed by atoms with van der Waals surface area (Å²) in [5, 5.41) is 3.33. The molecular weight excluding hydrogens is 251 g/mol. The standard InChI is InChI=1S/C15H22F3N/c1-3-5-6-7-14(19-4-2)12-8-10-13(11-9-12)15(16,17)18/h8-11,14,19H,3-7H2,1-2H3. The zero-order valence-corrected chi connectivity index (χ0v) is 11.6. The van der Waals surface area contributed by atoms with Crippen LogP contribution >= 0.6 is 0 Å². The quantitative estimate of drug-likeness (QED) is 0.694. The van der Waals surface area contributed by atoms with Crippen molar-refractivity contribution >= 4 is 0 Å². The number of benzene rings is 1. The van der Waals surface area contributed by atoms with Crippen LogP contribution in [0, 0.1) is 0 Å². The van der Waals surface area contributed by atoms with Crippen LogP contribution in [0.2, 0.25) is 0 Å². The molecular formula is C15H22F3N. The van der Waals surface area contributed by atoms with Gasteiger partial charge in [0.15, 0.2) is 0 Å². The summed E-state index contributed by atoms with van der Waals surface area (Å²) in [5.41, 5.74) is 0.353. The van der Waals surface area contributed by atoms with Gasteiger partial charge in [0.2, 0.25) is 0 Å². The molecule has 1 rings (SSSR count). The number of alkyl halides is 3. The second-order valence-electron chi connectivity index (χ2n) is 4.73. The molecule has 0 spiro atoms. The second kappa shape index (κ2) is 7.53. The van der Waals surface area contributed by atoms with Crippen molar-refractivity contribution in [1.82, 2.24) is 5.32 Å². The molecule has 4 heteroatoms. The highest BCUT2D eigenvalue weighted by Gasteiger charge is 2.30. The summed E-state index contributed by atoms with van der Waals surface area (Å²) in [6.07, 6.45) is 0.102. The number of hydrogen-bond donors (Lipinski definition) is 1. The van der Waals surface area contributed by atoms with Crippen molar-refractivity contribution in [3.8, 4) is 0 Å². The zero-order valence-electron chi connectivity index (χ0n) is 11.6. The normalized spacial score (nSPS) is 13.5. The van der Waals surface area contributed by atoms with E-state index in [1.807, 2.05) is 6.92 Å². The number of unbranched alkanes of at least 4 members (excludes halogenated alkanes) is 2. The third kappa shape index (κ3) is 5.23. The van der Waals surface area contributed by atoms with Crippen LogP contribution in [-0.4, -0.2) is 6.54 Å². The highest BCUT2D eigenvalue weighted by atomic mass is 19.4. The van der Waals surface area contributed by atoms with Gasteiger partial charge in [-0.2, -0.15) is 13.2 Å². The van der Waals surface area contributed by atoms with E-state index >= 15 is 0 Å². The lowest BCUT2D eigenvalue weighted by Crippen LogP contribution is -2.21. The number of halogens is 3. The fourth-order valence-electron chi connectivity index (χ4n) is 2.14. The van der Waals surface area contributed by atoms with E-state index in [-0.39, 0.29) is 6.04 Å². The van der Waals surface area contributed by atoms with Gasteiger partial charge in [-0.25, -0.2) is 0 Å². The van der Waals surface area contributed by atoms with Crippen LogP contribution in [0.15, 0.2) is 24.3 Å². The molecule has 1 aromatic carbocycles. The maximum atomic E-state index is 12.5. The van der Waals surface area contributed by atoms with Crippen LogP contribution in [0.4, 0.5) is 13.2 Å². The summed E-state index contributed by atoms with van der Waals surface area (Å²) in [5.74, 6) is 0. The molecule has 1 aromatic rings. The van der Waals surface area contributed by atoms with Crippen LogP contribution in [0.5, 0.6) is 0 Å². The average molecular weight is 273 g/mol. The molecule has 0 saturated carbocycles. The van der Waals surface area contributed by atoms with Crippen molar-refractivity contribution in [3.63, 3.8) is 0 Å². The minimum absolute atomic E-state index is 0.152. The molecule has 0 radical (unpaired) electrons. The van der Waals surface area contributed by atoms with Gasteiger partial charge in [0.1, 0.15) is 0 Å². The van der Waals surface area contributed by atoms with Gasteiger partial charge in [0.25, 0.3) is 0 Å². The topological polar surface area (TPSA) is 12.0 Å². The molecule has 19 heavy (non-hydrogen) atoms. The Morgan fingerprint density at radius 3 is 2.16 bits per heavy atom. The lowest BCUT2D eigenvalue weighted by molar-refractivity contribution is -0.137. The third-order valence-corrected chi connectivity index (χ3v) is 3.19. The molecule has 0 aliphatic heterocycles. The Bertz CT molecular complexity index is 357. The summed E-state index contributed by atoms with van der Waals surface area (Å²) in [4.78, 5) is 0. The van der Waals surface area contributed by atoms with Crippen LogP contribution in [-0.2, 0) is 6.18 Å². The smallest absolute Gasteiger partial charge is 0.310 e. The number of nitrogens with one attached hydrogen (secondary N) is 1. The van der Waals surface area contributed by atoms with E-state index in [1.165, 1.54) is 12.1 Å². The highest BCUT2D eigenvalue weighted by Crippen LogP contribution is 2.30. The first-order valence-corrected chi connectivity index (χ1v) is 6.89. The van der Waals surface area contributed by atoms with Crippen LogP contribution in [0.3, 0.4) is 0 Å². The van der Waals surface area contributed by atoms with Crippen LogP contribution < -0.4 is 5.32 Å². The molecule has 1 N–H and O–H groups in total. The first-order valence-electron chi connectivity index (χ1n) is 6.89. The van der Waals surface area contributed by atoms with Gasteiger partial charge in [-0.3, -0.25) is 0 Å². The van der Waals surface area contributed by atoms with E-state index in [1.54, 1.807) is 12.1 Å². The van der Waals surface area contributed by atoms with Crippen molar-refractivity contribution < 1.29 is 13.2 Å². The highest BCUT2D eigenvalue weighted by molar-refractivity contribution is 5.26. The molecule has 108 valence electrons. The SMILES string of the molecule is CCCCCC(NCC)c1ccc(C(F)(F)F)cc1. The van der Waals surface area contributed by atoms with E-state index in [2.05, 4.69) is 12.2 Å². The third-order valence-electron chi connectivity index (χ3n) is 3.19. The molecule has 0 aliphatic rings. The predicted molar refractivity (Wildman–Crippen MR) is 72.0 cm³/mol. The monoisotopic (exact) mass is 273 g/mol. The lowest BCUT2D eigenvalue weighted by atomic mass is 9.99. The van der Waals surface area contributed by atoms with Crippen molar-refractivity contribution in [2.24, 2.45) is 0 Å². The lowest BCUT2D eigenvalue weighted by Gasteiger charge is -2.19. The van der Waals surface area contributed by atoms with Gasteiger partial charge in [0, 0.05) is 6.04 Å². The first kappa shape index (κ1) is 16.0. The Labute approximate surface area is 113 Å². The largest absolute Gasteiger partial charge is 0.416 e. The second-order valence-corrected chi connectivity index (χ2v) is 4.73. The Hall–Kier alpha value is -1.03. The Kier molecular flexibility index (Phi) is 6.35. The molecule has 0 fully saturated rings. The van der Waals surface area contributed by atoms with E-state index in [0.717, 1.165) is 37.8 Å². The molecule has 0 heterocycles. The van der Waals surface area contributed by atoms with Gasteiger partial charge in [-0.15, -0.1) is 0 Å². The van der Waals surface area contributed by atoms with E-state index in [4.69, 9.17) is 0 Å². The molecule has 1 atom stereocenters. The fourth-order valence-corrected chi connectivity index (χ4v) is 2.14. The molecule has 0 saturated heterocycles. The van der Waals surface area contributed by atoms with Gasteiger partial charge in [-0.05, 0) is 30.7 Å². The average Bonchev–Trinajstić information content (AvgIpc) is 2.37. The van der Waals surface area contributed by atoms with E-state index in [0.29, 0.717) is 0 Å². The Morgan fingerprint density at radius 2 is 1.68 bits per heavy atom. The summed E-state index contributed by atoms with van der Waals surface area (Å²) in [6, 6.07) is 5.65. The molecule has 0 amide bonds. The first-order chi connectivity index (χ1) is 8.99. The Morgan fingerprint density at radius 1 is 1.05 bits per heavy atom. The molecule has 0 aromatic heterocycles. The van der Waals surface area contributed by atoms with Crippen LogP contribution in [0.25, 0.3) is 0 Å². The van der Waals surface area contributed by atoms with Crippen molar-refractivity contribution in [1.29, 1.82) is 0 Å². The minimum atomic E-state index is -4.26. The van der Waals surface area contributed by atoms with Crippen molar-refractivity contribution in [2.45, 2.75) is 51.7 Å². The maximum Gasteiger partial charge on any atom is 0.416 e. The zero-order chi connectivity index (χ0) is 14.3. The van der Waals surface area contributed by atoms with Crippen molar-refractivity contribution in [3.05, 3.63) is 35.4 Å². The molecule has 0 bridgehead atoms. The van der Waals surface area contributed by atoms with Crippen molar-refractivity contribution in [2.75, 3.05) is 6.54 Å². The van der Waals surface area contributed by atoms with Gasteiger partial charge < -0.3 is 5.32 Å². The predicted octanol–water partition coefficient (Wildman–Crippen LogP) is 4.94. The summed E-state index contributed by atoms with van der Waals surface area (Å²) in [6.45, 7) is 4.97. The van der Waals surface area contributed by atoms with Gasteiger partial charge in [-0.1, -0.05) is 45.2 Å². The van der Waals surface area contributed by atoms with E-state index in [9.17, 15) is 13.2 Å². The molecule has 0 aliphatic carbocycles. The summed E-state index contributed by atoms with van der Waals surface area (Å²) >= 11 is 0. The minimum Gasteiger partial charge on any atom is -0.310 e. The van der Waals surface area contributed by atoms with Gasteiger partial charge >= 0.3 is 6.18 Å². The van der Waals surface area contributed by atoms with Gasteiger partial charge in [0.05, 0.1) is 5.56 Å². The fraction of sp³-hybridized carbons (Fsp3) is 0.600. The number of hydrogen-bond acceptors (Lipinski definition) is 1. The molecule has 1 unspecified atom stereocenters. The summed E-state index contributed by atoms with van der Waals surface area (Å²) in [7, 11) is 0.